The number of hydrogen-bond acceptors (Lipinski definition) is 6. The predicted octanol–water partition coefficient (Wildman–Crippen LogP) is 1.35. The van der Waals surface area contributed by atoms with Crippen molar-refractivity contribution in [3.63, 3.8) is 0 Å². The third-order valence-corrected chi connectivity index (χ3v) is 4.00. The number of aromatic nitrogens is 5. The Balaban J connectivity index is 2.30. The lowest BCUT2D eigenvalue weighted by atomic mass is 10.1. The highest BCUT2D eigenvalue weighted by Crippen LogP contribution is 2.26. The van der Waals surface area contributed by atoms with Crippen LogP contribution in [0.3, 0.4) is 0 Å². The second-order valence-corrected chi connectivity index (χ2v) is 6.49. The van der Waals surface area contributed by atoms with Gasteiger partial charge in [-0.05, 0) is 12.1 Å². The van der Waals surface area contributed by atoms with Gasteiger partial charge in [0.15, 0.2) is 5.82 Å². The Morgan fingerprint density at radius 3 is 2.60 bits per heavy atom. The molecule has 0 aliphatic carbocycles. The molecule has 0 spiro atoms. The molecule has 3 rings (SSSR count). The number of para-hydroxylation sites is 1. The van der Waals surface area contributed by atoms with Crippen molar-refractivity contribution in [3.05, 3.63) is 30.6 Å². The van der Waals surface area contributed by atoms with Crippen LogP contribution in [0.1, 0.15) is 0 Å². The molecule has 0 amide bonds. The molecule has 102 valence electrons. The maximum Gasteiger partial charge on any atom is 0.296 e. The van der Waals surface area contributed by atoms with Gasteiger partial charge in [-0.3, -0.25) is 14.5 Å². The lowest BCUT2D eigenvalue weighted by Crippen LogP contribution is -2.03. The Morgan fingerprint density at radius 2 is 1.90 bits per heavy atom. The van der Waals surface area contributed by atoms with E-state index in [0.717, 1.165) is 0 Å². The summed E-state index contributed by atoms with van der Waals surface area (Å²) in [6, 6.07) is 5.36. The SMILES string of the molecule is Cn1c(-c2cccc3nccnc23)nnc1S(=O)(=O)Cl. The van der Waals surface area contributed by atoms with E-state index in [1.165, 1.54) is 11.6 Å². The predicted molar refractivity (Wildman–Crippen MR) is 72.6 cm³/mol. The maximum absolute atomic E-state index is 11.4. The molecule has 2 aromatic heterocycles. The van der Waals surface area contributed by atoms with Gasteiger partial charge < -0.3 is 0 Å². The molecule has 7 nitrogen and oxygen atoms in total. The van der Waals surface area contributed by atoms with Gasteiger partial charge in [0.05, 0.1) is 11.0 Å². The standard InChI is InChI=1S/C11H8ClN5O2S/c1-17-10(15-16-11(17)20(12,18)19)7-3-2-4-8-9(7)14-6-5-13-8/h2-6H,1H3. The topological polar surface area (TPSA) is 90.6 Å². The molecule has 0 aliphatic rings. The van der Waals surface area contributed by atoms with Crippen molar-refractivity contribution in [1.29, 1.82) is 0 Å². The van der Waals surface area contributed by atoms with E-state index >= 15 is 0 Å². The Kier molecular flexibility index (Phi) is 2.91. The Labute approximate surface area is 118 Å². The molecular formula is C11H8ClN5O2S. The van der Waals surface area contributed by atoms with Crippen molar-refractivity contribution in [1.82, 2.24) is 24.7 Å². The zero-order chi connectivity index (χ0) is 14.3. The van der Waals surface area contributed by atoms with Crippen LogP contribution >= 0.6 is 10.7 Å². The van der Waals surface area contributed by atoms with Crippen molar-refractivity contribution in [2.45, 2.75) is 5.16 Å². The van der Waals surface area contributed by atoms with E-state index in [-0.39, 0.29) is 5.16 Å². The van der Waals surface area contributed by atoms with Crippen molar-refractivity contribution in [3.8, 4) is 11.4 Å². The van der Waals surface area contributed by atoms with Gasteiger partial charge in [0.2, 0.25) is 0 Å². The number of nitrogens with zero attached hydrogens (tertiary/aromatic N) is 5. The van der Waals surface area contributed by atoms with E-state index < -0.39 is 9.05 Å². The van der Waals surface area contributed by atoms with Gasteiger partial charge >= 0.3 is 0 Å². The zero-order valence-electron chi connectivity index (χ0n) is 10.2. The first kappa shape index (κ1) is 12.9. The molecule has 0 N–H and O–H groups in total. The Morgan fingerprint density at radius 1 is 1.15 bits per heavy atom. The number of fused-ring (bicyclic) bond motifs is 1. The number of hydrogen-bond donors (Lipinski definition) is 0. The molecule has 0 saturated carbocycles. The molecule has 1 aromatic carbocycles. The summed E-state index contributed by atoms with van der Waals surface area (Å²) in [7, 11) is 2.88. The highest BCUT2D eigenvalue weighted by atomic mass is 35.7. The average Bonchev–Trinajstić information content (AvgIpc) is 2.80. The van der Waals surface area contributed by atoms with Crippen LogP contribution in [-0.2, 0) is 16.1 Å². The molecule has 0 atom stereocenters. The summed E-state index contributed by atoms with van der Waals surface area (Å²) in [5.74, 6) is 0.357. The third-order valence-electron chi connectivity index (χ3n) is 2.79. The fourth-order valence-electron chi connectivity index (χ4n) is 1.93. The summed E-state index contributed by atoms with van der Waals surface area (Å²) < 4.78 is 24.1. The lowest BCUT2D eigenvalue weighted by Gasteiger charge is -2.04. The molecule has 0 fully saturated rings. The second kappa shape index (κ2) is 4.50. The first-order valence-corrected chi connectivity index (χ1v) is 7.83. The fraction of sp³-hybridized carbons (Fsp3) is 0.0909. The molecular weight excluding hydrogens is 302 g/mol. The van der Waals surface area contributed by atoms with Crippen LogP contribution in [0.5, 0.6) is 0 Å². The van der Waals surface area contributed by atoms with Crippen LogP contribution < -0.4 is 0 Å². The van der Waals surface area contributed by atoms with Crippen LogP contribution in [0.2, 0.25) is 0 Å². The highest BCUT2D eigenvalue weighted by Gasteiger charge is 2.22. The van der Waals surface area contributed by atoms with E-state index in [1.807, 2.05) is 0 Å². The van der Waals surface area contributed by atoms with Crippen LogP contribution in [0, 0.1) is 0 Å². The molecule has 0 aliphatic heterocycles. The first-order chi connectivity index (χ1) is 9.48. The van der Waals surface area contributed by atoms with Gasteiger partial charge in [-0.15, -0.1) is 10.2 Å². The van der Waals surface area contributed by atoms with Crippen molar-refractivity contribution in [2.24, 2.45) is 7.05 Å². The van der Waals surface area contributed by atoms with E-state index in [2.05, 4.69) is 20.2 Å². The Bertz CT molecular complexity index is 901. The van der Waals surface area contributed by atoms with Gasteiger partial charge in [0.25, 0.3) is 14.2 Å². The molecule has 3 aromatic rings. The van der Waals surface area contributed by atoms with Crippen LogP contribution in [0.25, 0.3) is 22.4 Å². The van der Waals surface area contributed by atoms with Crippen molar-refractivity contribution < 1.29 is 8.42 Å². The first-order valence-electron chi connectivity index (χ1n) is 5.52. The number of halogens is 1. The second-order valence-electron chi connectivity index (χ2n) is 4.03. The van der Waals surface area contributed by atoms with E-state index in [4.69, 9.17) is 10.7 Å². The van der Waals surface area contributed by atoms with Gasteiger partial charge in [0, 0.05) is 35.7 Å². The summed E-state index contributed by atoms with van der Waals surface area (Å²) in [6.45, 7) is 0. The number of benzene rings is 1. The van der Waals surface area contributed by atoms with E-state index in [9.17, 15) is 8.42 Å². The largest absolute Gasteiger partial charge is 0.300 e. The molecule has 20 heavy (non-hydrogen) atoms. The minimum atomic E-state index is -3.95. The molecule has 0 bridgehead atoms. The van der Waals surface area contributed by atoms with Gasteiger partial charge in [-0.1, -0.05) is 6.07 Å². The number of rotatable bonds is 2. The van der Waals surface area contributed by atoms with E-state index in [0.29, 0.717) is 22.4 Å². The van der Waals surface area contributed by atoms with Gasteiger partial charge in [-0.2, -0.15) is 0 Å². The quantitative estimate of drug-likeness (QED) is 0.664. The van der Waals surface area contributed by atoms with Gasteiger partial charge in [-0.25, -0.2) is 8.42 Å². The summed E-state index contributed by atoms with van der Waals surface area (Å²) >= 11 is 0. The van der Waals surface area contributed by atoms with Crippen LogP contribution in [-0.4, -0.2) is 33.2 Å². The molecule has 0 saturated heterocycles. The summed E-state index contributed by atoms with van der Waals surface area (Å²) in [6.07, 6.45) is 3.14. The van der Waals surface area contributed by atoms with Crippen LogP contribution in [0.4, 0.5) is 0 Å². The smallest absolute Gasteiger partial charge is 0.296 e. The normalized spacial score (nSPS) is 11.9. The van der Waals surface area contributed by atoms with Crippen molar-refractivity contribution in [2.75, 3.05) is 0 Å². The van der Waals surface area contributed by atoms with Crippen LogP contribution in [0.15, 0.2) is 35.7 Å². The van der Waals surface area contributed by atoms with Crippen molar-refractivity contribution >= 4 is 30.8 Å². The monoisotopic (exact) mass is 309 g/mol. The molecule has 9 heteroatoms. The molecule has 2 heterocycles. The summed E-state index contributed by atoms with van der Waals surface area (Å²) in [5.41, 5.74) is 1.93. The minimum Gasteiger partial charge on any atom is -0.300 e. The third kappa shape index (κ3) is 2.02. The fourth-order valence-corrected chi connectivity index (χ4v) is 2.89. The Hall–Kier alpha value is -2.06. The average molecular weight is 310 g/mol. The maximum atomic E-state index is 11.4. The molecule has 0 radical (unpaired) electrons. The highest BCUT2D eigenvalue weighted by molar-refractivity contribution is 8.13. The zero-order valence-corrected chi connectivity index (χ0v) is 11.8. The van der Waals surface area contributed by atoms with E-state index in [1.54, 1.807) is 30.6 Å². The minimum absolute atomic E-state index is 0.310. The van der Waals surface area contributed by atoms with Gasteiger partial charge in [0.1, 0.15) is 0 Å². The lowest BCUT2D eigenvalue weighted by molar-refractivity contribution is 0.593. The summed E-state index contributed by atoms with van der Waals surface area (Å²) in [5, 5.41) is 7.19. The summed E-state index contributed by atoms with van der Waals surface area (Å²) in [4.78, 5) is 8.43. The molecule has 0 unspecified atom stereocenters.